The van der Waals surface area contributed by atoms with E-state index >= 15 is 0 Å². The fourth-order valence-corrected chi connectivity index (χ4v) is 1.91. The van der Waals surface area contributed by atoms with Gasteiger partial charge in [0.15, 0.2) is 5.76 Å². The molecule has 0 atom stereocenters. The van der Waals surface area contributed by atoms with Gasteiger partial charge in [0.1, 0.15) is 5.76 Å². The van der Waals surface area contributed by atoms with E-state index in [1.165, 1.54) is 19.3 Å². The molecule has 2 heteroatoms. The zero-order chi connectivity index (χ0) is 7.97. The van der Waals surface area contributed by atoms with Crippen LogP contribution in [0.15, 0.2) is 23.2 Å². The van der Waals surface area contributed by atoms with Crippen LogP contribution in [-0.2, 0) is 9.47 Å². The first-order chi connectivity index (χ1) is 5.93. The van der Waals surface area contributed by atoms with Gasteiger partial charge in [-0.2, -0.15) is 0 Å². The van der Waals surface area contributed by atoms with Gasteiger partial charge in [-0.1, -0.05) is 5.57 Å². The van der Waals surface area contributed by atoms with Crippen molar-refractivity contribution in [3.63, 3.8) is 0 Å². The molecule has 1 fully saturated rings. The Morgan fingerprint density at radius 2 is 2.08 bits per heavy atom. The Morgan fingerprint density at radius 3 is 2.92 bits per heavy atom. The van der Waals surface area contributed by atoms with Crippen LogP contribution in [0.25, 0.3) is 0 Å². The molecule has 2 aliphatic carbocycles. The van der Waals surface area contributed by atoms with E-state index in [4.69, 9.17) is 9.47 Å². The maximum atomic E-state index is 5.35. The minimum atomic E-state index is 0.430. The SMILES string of the molecule is C1=C(C2CC2)CCC2=C1OCO2. The number of ether oxygens (including phenoxy) is 2. The second-order valence-electron chi connectivity index (χ2n) is 3.69. The highest BCUT2D eigenvalue weighted by atomic mass is 16.7. The van der Waals surface area contributed by atoms with E-state index in [0.29, 0.717) is 6.79 Å². The number of hydrogen-bond donors (Lipinski definition) is 0. The lowest BCUT2D eigenvalue weighted by molar-refractivity contribution is 0.0729. The highest BCUT2D eigenvalue weighted by molar-refractivity contribution is 5.31. The van der Waals surface area contributed by atoms with E-state index in [2.05, 4.69) is 6.08 Å². The molecule has 12 heavy (non-hydrogen) atoms. The summed E-state index contributed by atoms with van der Waals surface area (Å²) in [6.45, 7) is 0.430. The van der Waals surface area contributed by atoms with Crippen LogP contribution < -0.4 is 0 Å². The Bertz CT molecular complexity index is 272. The number of rotatable bonds is 1. The van der Waals surface area contributed by atoms with Gasteiger partial charge in [0, 0.05) is 6.42 Å². The summed E-state index contributed by atoms with van der Waals surface area (Å²) in [5.74, 6) is 2.95. The number of allylic oxidation sites excluding steroid dienone is 3. The predicted octanol–water partition coefficient (Wildman–Crippen LogP) is 2.33. The average molecular weight is 164 g/mol. The molecule has 0 saturated heterocycles. The van der Waals surface area contributed by atoms with E-state index in [9.17, 15) is 0 Å². The summed E-state index contributed by atoms with van der Waals surface area (Å²) in [7, 11) is 0. The smallest absolute Gasteiger partial charge is 0.230 e. The van der Waals surface area contributed by atoms with Crippen LogP contribution in [0.5, 0.6) is 0 Å². The molecule has 0 aromatic carbocycles. The molecule has 3 aliphatic rings. The van der Waals surface area contributed by atoms with E-state index in [1.807, 2.05) is 0 Å². The molecule has 0 aromatic heterocycles. The van der Waals surface area contributed by atoms with Gasteiger partial charge < -0.3 is 9.47 Å². The molecule has 0 N–H and O–H groups in total. The van der Waals surface area contributed by atoms with E-state index in [1.54, 1.807) is 5.57 Å². The van der Waals surface area contributed by atoms with Gasteiger partial charge in [-0.3, -0.25) is 0 Å². The van der Waals surface area contributed by atoms with Crippen LogP contribution >= 0.6 is 0 Å². The van der Waals surface area contributed by atoms with Crippen molar-refractivity contribution in [1.29, 1.82) is 0 Å². The third-order valence-electron chi connectivity index (χ3n) is 2.78. The molecule has 0 bridgehead atoms. The third-order valence-corrected chi connectivity index (χ3v) is 2.78. The third kappa shape index (κ3) is 0.942. The van der Waals surface area contributed by atoms with Gasteiger partial charge in [0.2, 0.25) is 6.79 Å². The molecular weight excluding hydrogens is 152 g/mol. The topological polar surface area (TPSA) is 18.5 Å². The lowest BCUT2D eigenvalue weighted by atomic mass is 9.99. The molecule has 3 rings (SSSR count). The summed E-state index contributed by atoms with van der Waals surface area (Å²) in [5.41, 5.74) is 1.58. The van der Waals surface area contributed by atoms with Crippen LogP contribution in [0, 0.1) is 5.92 Å². The van der Waals surface area contributed by atoms with Crippen LogP contribution in [0.2, 0.25) is 0 Å². The molecule has 64 valence electrons. The summed E-state index contributed by atoms with van der Waals surface area (Å²) in [6.07, 6.45) is 7.21. The monoisotopic (exact) mass is 164 g/mol. The zero-order valence-corrected chi connectivity index (χ0v) is 7.01. The van der Waals surface area contributed by atoms with Crippen molar-refractivity contribution in [3.8, 4) is 0 Å². The van der Waals surface area contributed by atoms with Gasteiger partial charge in [-0.05, 0) is 31.3 Å². The van der Waals surface area contributed by atoms with E-state index < -0.39 is 0 Å². The molecule has 2 nitrogen and oxygen atoms in total. The largest absolute Gasteiger partial charge is 0.458 e. The van der Waals surface area contributed by atoms with Crippen molar-refractivity contribution in [1.82, 2.24) is 0 Å². The first-order valence-electron chi connectivity index (χ1n) is 4.63. The normalized spacial score (nSPS) is 27.5. The molecule has 1 aliphatic heterocycles. The summed E-state index contributed by atoms with van der Waals surface area (Å²) in [5, 5.41) is 0. The van der Waals surface area contributed by atoms with Gasteiger partial charge in [-0.25, -0.2) is 0 Å². The molecule has 1 saturated carbocycles. The Morgan fingerprint density at radius 1 is 1.17 bits per heavy atom. The van der Waals surface area contributed by atoms with Crippen LogP contribution in [0.4, 0.5) is 0 Å². The summed E-state index contributed by atoms with van der Waals surface area (Å²) in [4.78, 5) is 0. The minimum absolute atomic E-state index is 0.430. The summed E-state index contributed by atoms with van der Waals surface area (Å²) < 4.78 is 10.7. The number of hydrogen-bond acceptors (Lipinski definition) is 2. The quantitative estimate of drug-likeness (QED) is 0.592. The second kappa shape index (κ2) is 2.28. The highest BCUT2D eigenvalue weighted by Crippen LogP contribution is 2.42. The predicted molar refractivity (Wildman–Crippen MR) is 44.1 cm³/mol. The molecular formula is C10H12O2. The van der Waals surface area contributed by atoms with Crippen molar-refractivity contribution in [3.05, 3.63) is 23.2 Å². The molecule has 0 radical (unpaired) electrons. The van der Waals surface area contributed by atoms with E-state index in [-0.39, 0.29) is 0 Å². The Labute approximate surface area is 71.9 Å². The fraction of sp³-hybridized carbons (Fsp3) is 0.600. The standard InChI is InChI=1S/C10H12O2/c1-2-7(1)8-3-4-9-10(5-8)12-6-11-9/h5,7H,1-4,6H2. The van der Waals surface area contributed by atoms with Crippen molar-refractivity contribution in [2.24, 2.45) is 5.92 Å². The van der Waals surface area contributed by atoms with Crippen molar-refractivity contribution >= 4 is 0 Å². The molecule has 0 unspecified atom stereocenters. The van der Waals surface area contributed by atoms with Gasteiger partial charge in [0.05, 0.1) is 0 Å². The van der Waals surface area contributed by atoms with Crippen molar-refractivity contribution < 1.29 is 9.47 Å². The van der Waals surface area contributed by atoms with Crippen molar-refractivity contribution in [2.75, 3.05) is 6.79 Å². The lowest BCUT2D eigenvalue weighted by Crippen LogP contribution is -1.97. The van der Waals surface area contributed by atoms with Crippen LogP contribution in [-0.4, -0.2) is 6.79 Å². The summed E-state index contributed by atoms with van der Waals surface area (Å²) >= 11 is 0. The van der Waals surface area contributed by atoms with Crippen molar-refractivity contribution in [2.45, 2.75) is 25.7 Å². The first-order valence-corrected chi connectivity index (χ1v) is 4.63. The molecule has 0 aromatic rings. The van der Waals surface area contributed by atoms with E-state index in [0.717, 1.165) is 23.9 Å². The maximum absolute atomic E-state index is 5.35. The first kappa shape index (κ1) is 6.58. The lowest BCUT2D eigenvalue weighted by Gasteiger charge is -2.11. The van der Waals surface area contributed by atoms with Crippen LogP contribution in [0.1, 0.15) is 25.7 Å². The Hall–Kier alpha value is -0.920. The highest BCUT2D eigenvalue weighted by Gasteiger charge is 2.30. The average Bonchev–Trinajstić information content (AvgIpc) is 2.84. The fourth-order valence-electron chi connectivity index (χ4n) is 1.91. The van der Waals surface area contributed by atoms with Gasteiger partial charge in [0.25, 0.3) is 0 Å². The minimum Gasteiger partial charge on any atom is -0.458 e. The molecule has 1 heterocycles. The maximum Gasteiger partial charge on any atom is 0.230 e. The second-order valence-corrected chi connectivity index (χ2v) is 3.69. The zero-order valence-electron chi connectivity index (χ0n) is 7.01. The van der Waals surface area contributed by atoms with Gasteiger partial charge in [-0.15, -0.1) is 0 Å². The Balaban J connectivity index is 1.88. The molecule has 0 spiro atoms. The van der Waals surface area contributed by atoms with Gasteiger partial charge >= 0.3 is 0 Å². The summed E-state index contributed by atoms with van der Waals surface area (Å²) in [6, 6.07) is 0. The van der Waals surface area contributed by atoms with Crippen LogP contribution in [0.3, 0.4) is 0 Å². The molecule has 0 amide bonds. The Kier molecular flexibility index (Phi) is 1.25.